The number of aromatic amines is 1. The summed E-state index contributed by atoms with van der Waals surface area (Å²) in [6, 6.07) is 5.18. The number of benzene rings is 1. The minimum absolute atomic E-state index is 0.185. The average molecular weight is 240 g/mol. The van der Waals surface area contributed by atoms with Crippen molar-refractivity contribution in [3.05, 3.63) is 29.0 Å². The Morgan fingerprint density at radius 1 is 1.50 bits per heavy atom. The van der Waals surface area contributed by atoms with Crippen LogP contribution >= 0.6 is 11.6 Å². The molecule has 5 nitrogen and oxygen atoms in total. The lowest BCUT2D eigenvalue weighted by atomic mass is 10.2. The fraction of sp³-hybridized carbons (Fsp3) is 0.200. The van der Waals surface area contributed by atoms with E-state index in [9.17, 15) is 0 Å². The van der Waals surface area contributed by atoms with Gasteiger partial charge in [0.15, 0.2) is 11.6 Å². The van der Waals surface area contributed by atoms with Crippen LogP contribution in [0.1, 0.15) is 5.82 Å². The van der Waals surface area contributed by atoms with Gasteiger partial charge in [-0.15, -0.1) is 0 Å². The normalized spacial score (nSPS) is 10.4. The molecule has 84 valence electrons. The van der Waals surface area contributed by atoms with Crippen molar-refractivity contribution in [2.45, 2.75) is 6.61 Å². The molecule has 6 heteroatoms. The summed E-state index contributed by atoms with van der Waals surface area (Å²) < 4.78 is 5.18. The van der Waals surface area contributed by atoms with E-state index in [-0.39, 0.29) is 6.61 Å². The molecule has 2 aromatic rings. The monoisotopic (exact) mass is 239 g/mol. The van der Waals surface area contributed by atoms with Gasteiger partial charge in [0.1, 0.15) is 12.4 Å². The summed E-state index contributed by atoms with van der Waals surface area (Å²) in [5, 5.41) is 16.1. The van der Waals surface area contributed by atoms with Crippen molar-refractivity contribution >= 4 is 11.6 Å². The highest BCUT2D eigenvalue weighted by atomic mass is 35.5. The third kappa shape index (κ3) is 2.00. The lowest BCUT2D eigenvalue weighted by molar-refractivity contribution is 0.272. The van der Waals surface area contributed by atoms with E-state index in [1.165, 1.54) is 0 Å². The fourth-order valence-electron chi connectivity index (χ4n) is 1.34. The third-order valence-corrected chi connectivity index (χ3v) is 2.32. The first kappa shape index (κ1) is 10.9. The van der Waals surface area contributed by atoms with Crippen LogP contribution in [-0.4, -0.2) is 27.4 Å². The molecule has 2 N–H and O–H groups in total. The Labute approximate surface area is 97.0 Å². The van der Waals surface area contributed by atoms with Crippen LogP contribution in [0.3, 0.4) is 0 Å². The van der Waals surface area contributed by atoms with Crippen molar-refractivity contribution in [2.24, 2.45) is 0 Å². The average Bonchev–Trinajstić information content (AvgIpc) is 2.77. The molecule has 1 aromatic carbocycles. The van der Waals surface area contributed by atoms with Crippen LogP contribution in [0, 0.1) is 0 Å². The SMILES string of the molecule is COc1ccc(Cl)cc1-c1n[nH]c(CO)n1. The Balaban J connectivity index is 2.49. The minimum Gasteiger partial charge on any atom is -0.496 e. The number of halogens is 1. The van der Waals surface area contributed by atoms with Crippen molar-refractivity contribution in [3.63, 3.8) is 0 Å². The van der Waals surface area contributed by atoms with Gasteiger partial charge in [-0.25, -0.2) is 4.98 Å². The van der Waals surface area contributed by atoms with Gasteiger partial charge in [0.25, 0.3) is 0 Å². The van der Waals surface area contributed by atoms with Crippen molar-refractivity contribution in [1.82, 2.24) is 15.2 Å². The quantitative estimate of drug-likeness (QED) is 0.854. The molecule has 0 saturated carbocycles. The summed E-state index contributed by atoms with van der Waals surface area (Å²) in [6.07, 6.45) is 0. The molecule has 16 heavy (non-hydrogen) atoms. The summed E-state index contributed by atoms with van der Waals surface area (Å²) in [7, 11) is 1.56. The predicted molar refractivity (Wildman–Crippen MR) is 59.3 cm³/mol. The number of methoxy groups -OCH3 is 1. The Hall–Kier alpha value is -1.59. The zero-order valence-electron chi connectivity index (χ0n) is 8.57. The van der Waals surface area contributed by atoms with Gasteiger partial charge in [-0.2, -0.15) is 5.10 Å². The lowest BCUT2D eigenvalue weighted by Gasteiger charge is -2.05. The molecule has 0 atom stereocenters. The van der Waals surface area contributed by atoms with Crippen LogP contribution in [0.25, 0.3) is 11.4 Å². The number of ether oxygens (including phenoxy) is 1. The second-order valence-electron chi connectivity index (χ2n) is 3.11. The van der Waals surface area contributed by atoms with Gasteiger partial charge in [-0.3, -0.25) is 5.10 Å². The van der Waals surface area contributed by atoms with Gasteiger partial charge >= 0.3 is 0 Å². The number of hydrogen-bond donors (Lipinski definition) is 2. The third-order valence-electron chi connectivity index (χ3n) is 2.08. The largest absolute Gasteiger partial charge is 0.496 e. The number of H-pyrrole nitrogens is 1. The van der Waals surface area contributed by atoms with Crippen LogP contribution < -0.4 is 4.74 Å². The van der Waals surface area contributed by atoms with Crippen LogP contribution in [0.2, 0.25) is 5.02 Å². The molecule has 0 aliphatic carbocycles. The Kier molecular flexibility index (Phi) is 3.07. The molecule has 0 amide bonds. The van der Waals surface area contributed by atoms with Crippen molar-refractivity contribution < 1.29 is 9.84 Å². The fourth-order valence-corrected chi connectivity index (χ4v) is 1.51. The summed E-state index contributed by atoms with van der Waals surface area (Å²) in [5.74, 6) is 1.48. The lowest BCUT2D eigenvalue weighted by Crippen LogP contribution is -1.90. The van der Waals surface area contributed by atoms with E-state index >= 15 is 0 Å². The van der Waals surface area contributed by atoms with Crippen LogP contribution in [0.5, 0.6) is 5.75 Å². The van der Waals surface area contributed by atoms with Crippen molar-refractivity contribution in [2.75, 3.05) is 7.11 Å². The maximum atomic E-state index is 8.89. The van der Waals surface area contributed by atoms with Crippen LogP contribution in [-0.2, 0) is 6.61 Å². The first-order valence-electron chi connectivity index (χ1n) is 4.60. The van der Waals surface area contributed by atoms with E-state index in [4.69, 9.17) is 21.4 Å². The number of aliphatic hydroxyl groups excluding tert-OH is 1. The predicted octanol–water partition coefficient (Wildman–Crippen LogP) is 1.63. The number of nitrogens with zero attached hydrogens (tertiary/aromatic N) is 2. The summed E-state index contributed by atoms with van der Waals surface area (Å²) >= 11 is 5.89. The van der Waals surface area contributed by atoms with E-state index in [0.29, 0.717) is 28.0 Å². The van der Waals surface area contributed by atoms with E-state index in [1.54, 1.807) is 25.3 Å². The summed E-state index contributed by atoms with van der Waals surface area (Å²) in [6.45, 7) is -0.185. The van der Waals surface area contributed by atoms with Crippen LogP contribution in [0.15, 0.2) is 18.2 Å². The van der Waals surface area contributed by atoms with E-state index in [2.05, 4.69) is 15.2 Å². The van der Waals surface area contributed by atoms with Crippen molar-refractivity contribution in [3.8, 4) is 17.1 Å². The van der Waals surface area contributed by atoms with Gasteiger partial charge in [0.2, 0.25) is 0 Å². The Morgan fingerprint density at radius 3 is 2.94 bits per heavy atom. The Morgan fingerprint density at radius 2 is 2.31 bits per heavy atom. The van der Waals surface area contributed by atoms with E-state index in [1.807, 2.05) is 0 Å². The molecule has 0 saturated heterocycles. The highest BCUT2D eigenvalue weighted by molar-refractivity contribution is 6.30. The highest BCUT2D eigenvalue weighted by Gasteiger charge is 2.11. The maximum Gasteiger partial charge on any atom is 0.185 e. The molecule has 0 aliphatic rings. The molecule has 0 bridgehead atoms. The summed E-state index contributed by atoms with van der Waals surface area (Å²) in [4.78, 5) is 4.09. The standard InChI is InChI=1S/C10H10ClN3O2/c1-16-8-3-2-6(11)4-7(8)10-12-9(5-15)13-14-10/h2-4,15H,5H2,1H3,(H,12,13,14). The van der Waals surface area contributed by atoms with Gasteiger partial charge in [-0.1, -0.05) is 11.6 Å². The number of rotatable bonds is 3. The number of hydrogen-bond acceptors (Lipinski definition) is 4. The second kappa shape index (κ2) is 4.51. The molecule has 0 unspecified atom stereocenters. The second-order valence-corrected chi connectivity index (χ2v) is 3.54. The minimum atomic E-state index is -0.185. The van der Waals surface area contributed by atoms with Gasteiger partial charge < -0.3 is 9.84 Å². The van der Waals surface area contributed by atoms with Crippen LogP contribution in [0.4, 0.5) is 0 Å². The van der Waals surface area contributed by atoms with E-state index < -0.39 is 0 Å². The van der Waals surface area contributed by atoms with Gasteiger partial charge in [-0.05, 0) is 18.2 Å². The van der Waals surface area contributed by atoms with Gasteiger partial charge in [0, 0.05) is 5.02 Å². The number of nitrogens with one attached hydrogen (secondary N) is 1. The smallest absolute Gasteiger partial charge is 0.185 e. The topological polar surface area (TPSA) is 71.0 Å². The molecule has 0 aliphatic heterocycles. The highest BCUT2D eigenvalue weighted by Crippen LogP contribution is 2.30. The number of aromatic nitrogens is 3. The molecule has 0 fully saturated rings. The summed E-state index contributed by atoms with van der Waals surface area (Å²) in [5.41, 5.74) is 0.686. The zero-order chi connectivity index (χ0) is 11.5. The Bertz CT molecular complexity index is 499. The molecule has 0 radical (unpaired) electrons. The number of aliphatic hydroxyl groups is 1. The molecule has 1 aromatic heterocycles. The van der Waals surface area contributed by atoms with Gasteiger partial charge in [0.05, 0.1) is 12.7 Å². The molecule has 0 spiro atoms. The molecule has 2 rings (SSSR count). The molecular weight excluding hydrogens is 230 g/mol. The first-order chi connectivity index (χ1) is 7.74. The zero-order valence-corrected chi connectivity index (χ0v) is 9.32. The molecule has 1 heterocycles. The molecular formula is C10H10ClN3O2. The maximum absolute atomic E-state index is 8.89. The first-order valence-corrected chi connectivity index (χ1v) is 4.98. The van der Waals surface area contributed by atoms with Crippen molar-refractivity contribution in [1.29, 1.82) is 0 Å². The van der Waals surface area contributed by atoms with E-state index in [0.717, 1.165) is 0 Å².